The van der Waals surface area contributed by atoms with E-state index in [1.807, 2.05) is 27.7 Å². The first-order valence-electron chi connectivity index (χ1n) is 14.0. The summed E-state index contributed by atoms with van der Waals surface area (Å²) in [6.45, 7) is 18.5. The van der Waals surface area contributed by atoms with Crippen molar-refractivity contribution in [1.29, 1.82) is 0 Å². The van der Waals surface area contributed by atoms with Crippen LogP contribution in [0.3, 0.4) is 0 Å². The number of hydrazine groups is 1. The van der Waals surface area contributed by atoms with E-state index in [0.717, 1.165) is 31.4 Å². The Kier molecular flexibility index (Phi) is 16.1. The average Bonchev–Trinajstić information content (AvgIpc) is 3.37. The second-order valence-corrected chi connectivity index (χ2v) is 14.3. The third-order valence-electron chi connectivity index (χ3n) is 6.71. The van der Waals surface area contributed by atoms with Crippen molar-refractivity contribution in [3.8, 4) is 11.1 Å². The van der Waals surface area contributed by atoms with Gasteiger partial charge in [-0.25, -0.2) is 19.1 Å². The maximum atomic E-state index is 14.9. The van der Waals surface area contributed by atoms with Gasteiger partial charge in [0.05, 0.1) is 24.3 Å². The molecule has 3 rings (SSSR count). The fourth-order valence-corrected chi connectivity index (χ4v) is 5.71. The molecule has 1 fully saturated rings. The summed E-state index contributed by atoms with van der Waals surface area (Å²) in [6.07, 6.45) is 7.34. The van der Waals surface area contributed by atoms with Crippen LogP contribution in [0.5, 0.6) is 0 Å². The van der Waals surface area contributed by atoms with Gasteiger partial charge in [-0.2, -0.15) is 5.10 Å². The lowest BCUT2D eigenvalue weighted by Gasteiger charge is -2.49. The molecule has 1 aromatic carbocycles. The maximum absolute atomic E-state index is 14.9. The topological polar surface area (TPSA) is 163 Å². The van der Waals surface area contributed by atoms with Gasteiger partial charge in [0.2, 0.25) is 0 Å². The Labute approximate surface area is 272 Å². The highest BCUT2D eigenvalue weighted by Gasteiger charge is 2.40. The first-order valence-corrected chi connectivity index (χ1v) is 18.1. The molecule has 1 aliphatic heterocycles. The number of nitrogens with two attached hydrogens (primary N) is 5. The van der Waals surface area contributed by atoms with Gasteiger partial charge in [0.25, 0.3) is 0 Å². The fraction of sp³-hybridized carbons (Fsp3) is 0.567. The molecule has 246 valence electrons. The van der Waals surface area contributed by atoms with E-state index in [2.05, 4.69) is 67.1 Å². The van der Waals surface area contributed by atoms with Gasteiger partial charge >= 0.3 is 0 Å². The standard InChI is InChI=1S/C22H32F2IN8P.C5H13N.C2H6.CH4/c1-21(2)8-13(9-22(3,4)31-21)33(29)20(28)19(27)7-18(26)15-6-16(23)14(5-17(15)24)12-10-30-32(11-12)34-25;1-4-5(2,3)6;1-2;/h5-7,10-11,13,31,34H,8-9,26-29H2,1-4H3;4,6H2,1-3H3;1-2H3;1H4/b18-7-,20-19-;;;. The van der Waals surface area contributed by atoms with Crippen LogP contribution in [0.15, 0.2) is 42.1 Å². The van der Waals surface area contributed by atoms with Crippen LogP contribution >= 0.6 is 28.4 Å². The van der Waals surface area contributed by atoms with Crippen LogP contribution in [0, 0.1) is 11.6 Å². The van der Waals surface area contributed by atoms with Crippen molar-refractivity contribution in [2.45, 2.75) is 112 Å². The van der Waals surface area contributed by atoms with Crippen molar-refractivity contribution in [2.75, 3.05) is 0 Å². The number of hydrogen-bond acceptors (Lipinski definition) is 8. The molecule has 1 unspecified atom stereocenters. The number of halogens is 3. The van der Waals surface area contributed by atoms with E-state index in [0.29, 0.717) is 11.9 Å². The van der Waals surface area contributed by atoms with Crippen LogP contribution in [0.4, 0.5) is 8.78 Å². The molecule has 9 nitrogen and oxygen atoms in total. The van der Waals surface area contributed by atoms with E-state index in [1.165, 1.54) is 17.3 Å². The van der Waals surface area contributed by atoms with Crippen LogP contribution in [0.2, 0.25) is 0 Å². The maximum Gasteiger partial charge on any atom is 0.137 e. The predicted octanol–water partition coefficient (Wildman–Crippen LogP) is 6.29. The summed E-state index contributed by atoms with van der Waals surface area (Å²) in [7, 11) is 0. The molecule has 11 N–H and O–H groups in total. The molecule has 0 saturated carbocycles. The highest BCUT2D eigenvalue weighted by Crippen LogP contribution is 2.32. The van der Waals surface area contributed by atoms with Gasteiger partial charge in [-0.3, -0.25) is 5.01 Å². The average molecular weight is 738 g/mol. The normalized spacial score (nSPS) is 17.2. The number of benzene rings is 1. The molecule has 0 aliphatic carbocycles. The fourth-order valence-electron chi connectivity index (χ4n) is 4.63. The van der Waals surface area contributed by atoms with E-state index >= 15 is 0 Å². The van der Waals surface area contributed by atoms with E-state index < -0.39 is 11.6 Å². The summed E-state index contributed by atoms with van der Waals surface area (Å²) >= 11 is 2.15. The van der Waals surface area contributed by atoms with Crippen molar-refractivity contribution >= 4 is 34.1 Å². The first-order chi connectivity index (χ1) is 19.3. The predicted molar refractivity (Wildman–Crippen MR) is 190 cm³/mol. The highest BCUT2D eigenvalue weighted by molar-refractivity contribution is 14.2. The number of nitrogens with one attached hydrogen (secondary N) is 1. The Morgan fingerprint density at radius 1 is 1.14 bits per heavy atom. The molecule has 1 aliphatic rings. The van der Waals surface area contributed by atoms with E-state index in [4.69, 9.17) is 28.8 Å². The van der Waals surface area contributed by atoms with Gasteiger partial charge < -0.3 is 28.3 Å². The molecular formula is C30H55F2IN9P. The molecule has 0 radical (unpaired) electrons. The van der Waals surface area contributed by atoms with E-state index in [-0.39, 0.29) is 58.4 Å². The molecule has 0 amide bonds. The van der Waals surface area contributed by atoms with Crippen molar-refractivity contribution in [3.05, 3.63) is 59.3 Å². The molecule has 0 bridgehead atoms. The third kappa shape index (κ3) is 12.5. The van der Waals surface area contributed by atoms with E-state index in [9.17, 15) is 8.78 Å². The largest absolute Gasteiger partial charge is 0.398 e. The minimum absolute atomic E-state index is 0. The Hall–Kier alpha value is -1.99. The van der Waals surface area contributed by atoms with Gasteiger partial charge in [0.15, 0.2) is 0 Å². The lowest BCUT2D eigenvalue weighted by atomic mass is 9.79. The SMILES string of the molecule is C.CC.CC1(C)CC(N(N)/C(N)=C(N)/C=C(\N)c2cc(F)c(-c3cnn(PI)c3)cc2F)CC(C)(C)N1.CCC(C)(C)N. The summed E-state index contributed by atoms with van der Waals surface area (Å²) in [5, 5.41) is 9.14. The Morgan fingerprint density at radius 3 is 2.09 bits per heavy atom. The lowest BCUT2D eigenvalue weighted by Crippen LogP contribution is -2.63. The third-order valence-corrected chi connectivity index (χ3v) is 8.61. The quantitative estimate of drug-likeness (QED) is 0.0636. The second-order valence-electron chi connectivity index (χ2n) is 12.2. The molecular weight excluding hydrogens is 682 g/mol. The van der Waals surface area contributed by atoms with Crippen LogP contribution in [0.1, 0.15) is 94.6 Å². The van der Waals surface area contributed by atoms with Crippen LogP contribution in [-0.4, -0.2) is 37.2 Å². The van der Waals surface area contributed by atoms with Gasteiger partial charge in [-0.05, 0) is 101 Å². The number of piperidine rings is 1. The smallest absolute Gasteiger partial charge is 0.137 e. The Morgan fingerprint density at radius 2 is 1.65 bits per heavy atom. The van der Waals surface area contributed by atoms with Gasteiger partial charge in [0, 0.05) is 45.2 Å². The van der Waals surface area contributed by atoms with Gasteiger partial charge in [-0.15, -0.1) is 0 Å². The Bertz CT molecular complexity index is 1220. The molecule has 43 heavy (non-hydrogen) atoms. The molecule has 1 saturated heterocycles. The van der Waals surface area contributed by atoms with Crippen LogP contribution < -0.4 is 34.1 Å². The summed E-state index contributed by atoms with van der Waals surface area (Å²) in [6, 6.07) is 2.07. The number of allylic oxidation sites excluding steroid dienone is 1. The number of hydrogen-bond donors (Lipinski definition) is 6. The number of rotatable bonds is 7. The zero-order chi connectivity index (χ0) is 32.6. The van der Waals surface area contributed by atoms with Crippen molar-refractivity contribution in [2.24, 2.45) is 28.8 Å². The molecule has 1 aromatic heterocycles. The van der Waals surface area contributed by atoms with Gasteiger partial charge in [-0.1, -0.05) is 28.2 Å². The lowest BCUT2D eigenvalue weighted by molar-refractivity contribution is 0.0845. The van der Waals surface area contributed by atoms with Crippen molar-refractivity contribution in [3.63, 3.8) is 0 Å². The monoisotopic (exact) mass is 737 g/mol. The van der Waals surface area contributed by atoms with Crippen molar-refractivity contribution in [1.82, 2.24) is 19.9 Å². The minimum atomic E-state index is -0.687. The second kappa shape index (κ2) is 16.9. The molecule has 0 spiro atoms. The molecule has 2 aromatic rings. The molecule has 13 heteroatoms. The van der Waals surface area contributed by atoms with Gasteiger partial charge in [0.1, 0.15) is 17.5 Å². The summed E-state index contributed by atoms with van der Waals surface area (Å²) in [5.41, 5.74) is 24.2. The first kappa shape index (κ1) is 41.0. The van der Waals surface area contributed by atoms with E-state index in [1.54, 1.807) is 10.6 Å². The number of nitrogens with zero attached hydrogens (tertiary/aromatic N) is 3. The molecule has 1 atom stereocenters. The Balaban J connectivity index is 0.00000175. The zero-order valence-corrected chi connectivity index (χ0v) is 29.6. The van der Waals surface area contributed by atoms with Crippen molar-refractivity contribution < 1.29 is 8.78 Å². The minimum Gasteiger partial charge on any atom is -0.398 e. The summed E-state index contributed by atoms with van der Waals surface area (Å²) < 4.78 is 31.3. The number of aromatic nitrogens is 2. The summed E-state index contributed by atoms with van der Waals surface area (Å²) in [5.74, 6) is 5.14. The highest BCUT2D eigenvalue weighted by atomic mass is 127. The molecule has 2 heterocycles. The zero-order valence-electron chi connectivity index (χ0n) is 26.4. The van der Waals surface area contributed by atoms with Crippen LogP contribution in [-0.2, 0) is 0 Å². The van der Waals surface area contributed by atoms with Crippen LogP contribution in [0.25, 0.3) is 16.8 Å². The summed E-state index contributed by atoms with van der Waals surface area (Å²) in [4.78, 5) is 0.